The zero-order valence-electron chi connectivity index (χ0n) is 13.7. The van der Waals surface area contributed by atoms with E-state index in [0.717, 1.165) is 42.5 Å². The van der Waals surface area contributed by atoms with Gasteiger partial charge in [-0.05, 0) is 49.2 Å². The summed E-state index contributed by atoms with van der Waals surface area (Å²) in [6.07, 6.45) is 3.54. The fraction of sp³-hybridized carbons (Fsp3) is 0.278. The molecule has 0 fully saturated rings. The molecule has 0 radical (unpaired) electrons. The molecule has 0 amide bonds. The minimum atomic E-state index is -3.46. The van der Waals surface area contributed by atoms with Crippen molar-refractivity contribution in [3.05, 3.63) is 59.4 Å². The van der Waals surface area contributed by atoms with Gasteiger partial charge in [-0.3, -0.25) is 0 Å². The maximum Gasteiger partial charge on any atom is 0.240 e. The number of nitrogens with zero attached hydrogens (tertiary/aromatic N) is 1. The molecule has 1 heterocycles. The van der Waals surface area contributed by atoms with Crippen molar-refractivity contribution >= 4 is 32.7 Å². The topological polar surface area (TPSA) is 74.8 Å². The number of benzene rings is 2. The quantitative estimate of drug-likeness (QED) is 0.584. The molecule has 0 spiro atoms. The summed E-state index contributed by atoms with van der Waals surface area (Å²) < 4.78 is 26.9. The van der Waals surface area contributed by atoms with Crippen LogP contribution in [0.2, 0.25) is 5.02 Å². The lowest BCUT2D eigenvalue weighted by molar-refractivity contribution is 0.573. The molecule has 132 valence electrons. The molecule has 2 N–H and O–H groups in total. The lowest BCUT2D eigenvalue weighted by atomic mass is 10.2. The van der Waals surface area contributed by atoms with Crippen molar-refractivity contribution in [1.29, 1.82) is 0 Å². The average Bonchev–Trinajstić information content (AvgIpc) is 3.01. The van der Waals surface area contributed by atoms with E-state index in [2.05, 4.69) is 14.7 Å². The van der Waals surface area contributed by atoms with Gasteiger partial charge in [-0.1, -0.05) is 30.2 Å². The van der Waals surface area contributed by atoms with Crippen LogP contribution < -0.4 is 4.72 Å². The highest BCUT2D eigenvalue weighted by Gasteiger charge is 2.12. The Kier molecular flexibility index (Phi) is 5.73. The molecule has 0 atom stereocenters. The predicted molar refractivity (Wildman–Crippen MR) is 100 cm³/mol. The number of sulfonamides is 1. The number of rotatable bonds is 8. The zero-order chi connectivity index (χ0) is 17.7. The molecule has 0 aliphatic rings. The molecule has 0 saturated heterocycles. The molecule has 2 aromatic carbocycles. The fourth-order valence-corrected chi connectivity index (χ4v) is 3.82. The number of para-hydroxylation sites is 2. The van der Waals surface area contributed by atoms with Gasteiger partial charge in [0.15, 0.2) is 0 Å². The van der Waals surface area contributed by atoms with Gasteiger partial charge in [0.05, 0.1) is 15.9 Å². The molecule has 3 rings (SSSR count). The summed E-state index contributed by atoms with van der Waals surface area (Å²) in [6.45, 7) is 0.422. The highest BCUT2D eigenvalue weighted by molar-refractivity contribution is 7.89. The second-order valence-corrected chi connectivity index (χ2v) is 8.07. The number of aromatic nitrogens is 2. The molecule has 3 aromatic rings. The normalized spacial score (nSPS) is 11.9. The summed E-state index contributed by atoms with van der Waals surface area (Å²) in [6, 6.07) is 14.1. The maximum atomic E-state index is 12.1. The van der Waals surface area contributed by atoms with Gasteiger partial charge in [0.2, 0.25) is 10.0 Å². The molecule has 0 saturated carbocycles. The SMILES string of the molecule is O=S(=O)(NCCCCCc1nc2ccccc2[nH]1)c1ccc(Cl)cc1. The Labute approximate surface area is 152 Å². The first-order chi connectivity index (χ1) is 12.0. The molecule has 0 aliphatic carbocycles. The van der Waals surface area contributed by atoms with E-state index >= 15 is 0 Å². The van der Waals surface area contributed by atoms with Gasteiger partial charge in [-0.2, -0.15) is 0 Å². The Morgan fingerprint density at radius 3 is 2.52 bits per heavy atom. The number of imidazole rings is 1. The Morgan fingerprint density at radius 1 is 1.00 bits per heavy atom. The molecule has 7 heteroatoms. The number of aromatic amines is 1. The van der Waals surface area contributed by atoms with Crippen LogP contribution in [-0.4, -0.2) is 24.9 Å². The van der Waals surface area contributed by atoms with Gasteiger partial charge < -0.3 is 4.98 Å². The summed E-state index contributed by atoms with van der Waals surface area (Å²) >= 11 is 5.78. The fourth-order valence-electron chi connectivity index (χ4n) is 2.62. The Morgan fingerprint density at radius 2 is 1.76 bits per heavy atom. The van der Waals surface area contributed by atoms with Gasteiger partial charge in [0, 0.05) is 18.0 Å². The first-order valence-electron chi connectivity index (χ1n) is 8.23. The zero-order valence-corrected chi connectivity index (χ0v) is 15.3. The largest absolute Gasteiger partial charge is 0.342 e. The van der Waals surface area contributed by atoms with Crippen molar-refractivity contribution in [2.24, 2.45) is 0 Å². The van der Waals surface area contributed by atoms with E-state index in [0.29, 0.717) is 11.6 Å². The van der Waals surface area contributed by atoms with Crippen LogP contribution in [0.15, 0.2) is 53.4 Å². The lowest BCUT2D eigenvalue weighted by Gasteiger charge is -2.06. The van der Waals surface area contributed by atoms with Crippen LogP contribution in [0.1, 0.15) is 25.1 Å². The van der Waals surface area contributed by atoms with Crippen LogP contribution in [0.4, 0.5) is 0 Å². The van der Waals surface area contributed by atoms with E-state index in [-0.39, 0.29) is 4.90 Å². The second-order valence-electron chi connectivity index (χ2n) is 5.86. The third-order valence-corrected chi connectivity index (χ3v) is 5.67. The number of nitrogens with one attached hydrogen (secondary N) is 2. The first kappa shape index (κ1) is 17.9. The Hall–Kier alpha value is -1.89. The van der Waals surface area contributed by atoms with E-state index in [1.807, 2.05) is 24.3 Å². The Bertz CT molecular complexity index is 903. The first-order valence-corrected chi connectivity index (χ1v) is 10.1. The number of fused-ring (bicyclic) bond motifs is 1. The number of hydrogen-bond acceptors (Lipinski definition) is 3. The lowest BCUT2D eigenvalue weighted by Crippen LogP contribution is -2.24. The van der Waals surface area contributed by atoms with Gasteiger partial charge in [0.1, 0.15) is 5.82 Å². The molecule has 0 bridgehead atoms. The van der Waals surface area contributed by atoms with Gasteiger partial charge >= 0.3 is 0 Å². The van der Waals surface area contributed by atoms with Crippen molar-refractivity contribution in [3.63, 3.8) is 0 Å². The highest BCUT2D eigenvalue weighted by Crippen LogP contribution is 2.14. The van der Waals surface area contributed by atoms with Crippen molar-refractivity contribution < 1.29 is 8.42 Å². The molecule has 0 unspecified atom stereocenters. The van der Waals surface area contributed by atoms with E-state index < -0.39 is 10.0 Å². The molecule has 5 nitrogen and oxygen atoms in total. The third-order valence-electron chi connectivity index (χ3n) is 3.94. The van der Waals surface area contributed by atoms with E-state index in [4.69, 9.17) is 11.6 Å². The van der Waals surface area contributed by atoms with Gasteiger partial charge in [0.25, 0.3) is 0 Å². The van der Waals surface area contributed by atoms with Crippen molar-refractivity contribution in [2.75, 3.05) is 6.54 Å². The molecule has 1 aromatic heterocycles. The minimum absolute atomic E-state index is 0.235. The number of H-pyrrole nitrogens is 1. The maximum absolute atomic E-state index is 12.1. The van der Waals surface area contributed by atoms with Crippen LogP contribution in [0, 0.1) is 0 Å². The average molecular weight is 378 g/mol. The van der Waals surface area contributed by atoms with Crippen molar-refractivity contribution in [3.8, 4) is 0 Å². The van der Waals surface area contributed by atoms with E-state index in [1.54, 1.807) is 12.1 Å². The second kappa shape index (κ2) is 7.99. The van der Waals surface area contributed by atoms with Crippen LogP contribution in [-0.2, 0) is 16.4 Å². The summed E-state index contributed by atoms with van der Waals surface area (Å²) in [7, 11) is -3.46. The monoisotopic (exact) mass is 377 g/mol. The number of hydrogen-bond donors (Lipinski definition) is 2. The summed E-state index contributed by atoms with van der Waals surface area (Å²) in [4.78, 5) is 8.08. The minimum Gasteiger partial charge on any atom is -0.342 e. The summed E-state index contributed by atoms with van der Waals surface area (Å²) in [5.74, 6) is 0.975. The Balaban J connectivity index is 1.40. The molecular formula is C18H20ClN3O2S. The number of aryl methyl sites for hydroxylation is 1. The number of halogens is 1. The molecule has 0 aliphatic heterocycles. The summed E-state index contributed by atoms with van der Waals surface area (Å²) in [5.41, 5.74) is 2.03. The third kappa shape index (κ3) is 4.81. The highest BCUT2D eigenvalue weighted by atomic mass is 35.5. The smallest absolute Gasteiger partial charge is 0.240 e. The van der Waals surface area contributed by atoms with Crippen LogP contribution in [0.25, 0.3) is 11.0 Å². The molecular weight excluding hydrogens is 358 g/mol. The standard InChI is InChI=1S/C18H20ClN3O2S/c19-14-9-11-15(12-10-14)25(23,24)20-13-5-1-2-8-18-21-16-6-3-4-7-17(16)22-18/h3-4,6-7,9-12,20H,1-2,5,8,13H2,(H,21,22). The van der Waals surface area contributed by atoms with Gasteiger partial charge in [-0.15, -0.1) is 0 Å². The van der Waals surface area contributed by atoms with Crippen LogP contribution in [0.3, 0.4) is 0 Å². The van der Waals surface area contributed by atoms with Crippen LogP contribution in [0.5, 0.6) is 0 Å². The van der Waals surface area contributed by atoms with E-state index in [1.165, 1.54) is 12.1 Å². The predicted octanol–water partition coefficient (Wildman–Crippen LogP) is 3.91. The van der Waals surface area contributed by atoms with E-state index in [9.17, 15) is 8.42 Å². The van der Waals surface area contributed by atoms with Crippen molar-refractivity contribution in [1.82, 2.24) is 14.7 Å². The summed E-state index contributed by atoms with van der Waals surface area (Å²) in [5, 5.41) is 0.518. The van der Waals surface area contributed by atoms with Crippen molar-refractivity contribution in [2.45, 2.75) is 30.6 Å². The van der Waals surface area contributed by atoms with Gasteiger partial charge in [-0.25, -0.2) is 18.1 Å². The molecule has 25 heavy (non-hydrogen) atoms. The number of unbranched alkanes of at least 4 members (excludes halogenated alkanes) is 2. The van der Waals surface area contributed by atoms with Crippen LogP contribution >= 0.6 is 11.6 Å².